The van der Waals surface area contributed by atoms with Crippen LogP contribution >= 0.6 is 0 Å². The molecule has 159 valence electrons. The van der Waals surface area contributed by atoms with Crippen molar-refractivity contribution in [3.05, 3.63) is 57.6 Å². The zero-order valence-corrected chi connectivity index (χ0v) is 22.0. The number of hydrogen-bond acceptors (Lipinski definition) is 3. The predicted octanol–water partition coefficient (Wildman–Crippen LogP) is -1.34. The summed E-state index contributed by atoms with van der Waals surface area (Å²) in [6.45, 7) is 16.8. The molecule has 1 radical (unpaired) electrons. The first-order valence-electron chi connectivity index (χ1n) is 9.22. The van der Waals surface area contributed by atoms with Gasteiger partial charge in [0, 0.05) is 58.0 Å². The van der Waals surface area contributed by atoms with Gasteiger partial charge in [0.2, 0.25) is 0 Å². The third kappa shape index (κ3) is 8.72. The molecule has 0 spiro atoms. The van der Waals surface area contributed by atoms with Crippen molar-refractivity contribution in [3.63, 3.8) is 0 Å². The normalized spacial score (nSPS) is 9.64. The zero-order chi connectivity index (χ0) is 18.4. The van der Waals surface area contributed by atoms with Crippen LogP contribution in [0.2, 0.25) is 0 Å². The largest absolute Gasteiger partial charge is 1.00 e. The summed E-state index contributed by atoms with van der Waals surface area (Å²) in [5, 5.41) is 10.6. The second-order valence-corrected chi connectivity index (χ2v) is 7.15. The summed E-state index contributed by atoms with van der Waals surface area (Å²) in [4.78, 5) is 0. The fourth-order valence-corrected chi connectivity index (χ4v) is 3.59. The van der Waals surface area contributed by atoms with Crippen molar-refractivity contribution in [3.8, 4) is 0 Å². The molecule has 0 saturated carbocycles. The summed E-state index contributed by atoms with van der Waals surface area (Å²) in [5.41, 5.74) is 10.5. The molecule has 3 N–H and O–H groups in total. The topological polar surface area (TPSA) is 36.1 Å². The first-order chi connectivity index (χ1) is 11.9. The van der Waals surface area contributed by atoms with Gasteiger partial charge in [-0.2, -0.15) is 0 Å². The van der Waals surface area contributed by atoms with Crippen LogP contribution in [0.4, 0.5) is 11.4 Å². The molecule has 0 aliphatic heterocycles. The van der Waals surface area contributed by atoms with Crippen molar-refractivity contribution in [2.45, 2.75) is 41.5 Å². The summed E-state index contributed by atoms with van der Waals surface area (Å²) >= 11 is 0. The van der Waals surface area contributed by atoms with Crippen LogP contribution in [-0.4, -0.2) is 26.2 Å². The molecule has 28 heavy (non-hydrogen) atoms. The number of benzene rings is 2. The van der Waals surface area contributed by atoms with Crippen molar-refractivity contribution in [1.82, 2.24) is 5.32 Å². The predicted molar refractivity (Wildman–Crippen MR) is 111 cm³/mol. The van der Waals surface area contributed by atoms with Gasteiger partial charge in [0.15, 0.2) is 0 Å². The van der Waals surface area contributed by atoms with Crippen LogP contribution in [0, 0.1) is 41.5 Å². The Balaban J connectivity index is 0. The maximum Gasteiger partial charge on any atom is 0.0400 e. The van der Waals surface area contributed by atoms with Crippen molar-refractivity contribution < 1.29 is 45.2 Å². The third-order valence-electron chi connectivity index (χ3n) is 4.56. The maximum absolute atomic E-state index is 3.56. The van der Waals surface area contributed by atoms with Crippen molar-refractivity contribution in [2.75, 3.05) is 36.8 Å². The van der Waals surface area contributed by atoms with Crippen LogP contribution in [0.25, 0.3) is 0 Å². The molecule has 0 heterocycles. The Bertz CT molecular complexity index is 628. The van der Waals surface area contributed by atoms with Gasteiger partial charge in [-0.1, -0.05) is 35.4 Å². The van der Waals surface area contributed by atoms with Gasteiger partial charge < -0.3 is 40.8 Å². The van der Waals surface area contributed by atoms with Gasteiger partial charge in [-0.25, -0.2) is 0 Å². The smallest absolute Gasteiger partial charge is 0.0400 e. The second-order valence-electron chi connectivity index (χ2n) is 7.15. The molecule has 0 unspecified atom stereocenters. The summed E-state index contributed by atoms with van der Waals surface area (Å²) < 4.78 is 0. The summed E-state index contributed by atoms with van der Waals surface area (Å²) in [6.07, 6.45) is 0. The SMILES string of the molecule is Cc1cc(C)c(NCCNCCNc2c(C)cc(C)cc2C)c(C)c1.[Cl-].[Cl-].[Re]. The minimum atomic E-state index is 0. The molecule has 0 aliphatic rings. The van der Waals surface area contributed by atoms with Crippen molar-refractivity contribution >= 4 is 11.4 Å². The van der Waals surface area contributed by atoms with E-state index in [1.807, 2.05) is 0 Å². The third-order valence-corrected chi connectivity index (χ3v) is 4.56. The molecule has 0 aromatic heterocycles. The fraction of sp³-hybridized carbons (Fsp3) is 0.455. The second kappa shape index (κ2) is 14.3. The average Bonchev–Trinajstić information content (AvgIpc) is 2.50. The van der Waals surface area contributed by atoms with E-state index in [-0.39, 0.29) is 45.2 Å². The molecule has 2 aromatic rings. The van der Waals surface area contributed by atoms with E-state index in [2.05, 4.69) is 81.8 Å². The van der Waals surface area contributed by atoms with E-state index in [1.165, 1.54) is 44.8 Å². The molecule has 2 aromatic carbocycles. The van der Waals surface area contributed by atoms with Crippen LogP contribution in [0.5, 0.6) is 0 Å². The molecule has 0 amide bonds. The van der Waals surface area contributed by atoms with Gasteiger partial charge in [0.25, 0.3) is 0 Å². The van der Waals surface area contributed by atoms with Crippen LogP contribution in [-0.2, 0) is 20.4 Å². The Morgan fingerprint density at radius 2 is 0.821 bits per heavy atom. The van der Waals surface area contributed by atoms with Crippen LogP contribution < -0.4 is 40.8 Å². The Morgan fingerprint density at radius 1 is 0.536 bits per heavy atom. The van der Waals surface area contributed by atoms with Gasteiger partial charge in [-0.15, -0.1) is 0 Å². The maximum atomic E-state index is 3.56. The number of nitrogens with one attached hydrogen (secondary N) is 3. The summed E-state index contributed by atoms with van der Waals surface area (Å²) in [7, 11) is 0. The monoisotopic (exact) mass is 596 g/mol. The van der Waals surface area contributed by atoms with Gasteiger partial charge in [-0.05, 0) is 63.8 Å². The van der Waals surface area contributed by atoms with Crippen LogP contribution in [0.3, 0.4) is 0 Å². The molecule has 3 nitrogen and oxygen atoms in total. The van der Waals surface area contributed by atoms with E-state index in [0.717, 1.165) is 26.2 Å². The molecular weight excluding hydrogens is 563 g/mol. The number of rotatable bonds is 8. The Labute approximate surface area is 197 Å². The van der Waals surface area contributed by atoms with E-state index in [1.54, 1.807) is 0 Å². The Morgan fingerprint density at radius 3 is 1.11 bits per heavy atom. The first kappa shape index (κ1) is 29.4. The molecule has 0 atom stereocenters. The molecule has 6 heteroatoms. The number of halogens is 2. The summed E-state index contributed by atoms with van der Waals surface area (Å²) in [6, 6.07) is 8.94. The molecular formula is C22H33Cl2N3Re-2. The fourth-order valence-electron chi connectivity index (χ4n) is 3.59. The van der Waals surface area contributed by atoms with Gasteiger partial charge >= 0.3 is 0 Å². The van der Waals surface area contributed by atoms with E-state index in [9.17, 15) is 0 Å². The van der Waals surface area contributed by atoms with Gasteiger partial charge in [0.1, 0.15) is 0 Å². The number of hydrogen-bond donors (Lipinski definition) is 3. The standard InChI is InChI=1S/C22H33N3.2ClH.Re/c1-15-11-17(3)21(18(4)12-15)24-9-7-23-8-10-25-22-19(5)13-16(2)14-20(22)6;;;/h11-14,23-25H,7-10H2,1-6H3;2*1H;/p-2. The number of aryl methyl sites for hydroxylation is 6. The van der Waals surface area contributed by atoms with E-state index < -0.39 is 0 Å². The van der Waals surface area contributed by atoms with Crippen molar-refractivity contribution in [2.24, 2.45) is 0 Å². The Kier molecular flexibility index (Phi) is 15.0. The minimum absolute atomic E-state index is 0. The van der Waals surface area contributed by atoms with E-state index in [4.69, 9.17) is 0 Å². The first-order valence-corrected chi connectivity index (χ1v) is 9.22. The van der Waals surface area contributed by atoms with Gasteiger partial charge in [0.05, 0.1) is 0 Å². The molecule has 0 fully saturated rings. The van der Waals surface area contributed by atoms with Crippen molar-refractivity contribution in [1.29, 1.82) is 0 Å². The Hall–Kier alpha value is -0.758. The van der Waals surface area contributed by atoms with E-state index in [0.29, 0.717) is 0 Å². The van der Waals surface area contributed by atoms with Crippen LogP contribution in [0.15, 0.2) is 24.3 Å². The van der Waals surface area contributed by atoms with E-state index >= 15 is 0 Å². The van der Waals surface area contributed by atoms with Crippen LogP contribution in [0.1, 0.15) is 33.4 Å². The zero-order valence-electron chi connectivity index (χ0n) is 17.8. The molecule has 0 aliphatic carbocycles. The summed E-state index contributed by atoms with van der Waals surface area (Å²) in [5.74, 6) is 0. The van der Waals surface area contributed by atoms with Gasteiger partial charge in [-0.3, -0.25) is 0 Å². The number of anilines is 2. The minimum Gasteiger partial charge on any atom is -1.00 e. The average molecular weight is 597 g/mol. The molecule has 2 rings (SSSR count). The quantitative estimate of drug-likeness (QED) is 0.331. The molecule has 0 bridgehead atoms. The molecule has 0 saturated heterocycles.